The highest BCUT2D eigenvalue weighted by atomic mass is 32.2. The fourth-order valence-electron chi connectivity index (χ4n) is 3.35. The zero-order chi connectivity index (χ0) is 22.6. The third-order valence-electron chi connectivity index (χ3n) is 5.35. The van der Waals surface area contributed by atoms with Crippen LogP contribution in [0, 0.1) is 13.8 Å². The van der Waals surface area contributed by atoms with Gasteiger partial charge < -0.3 is 4.90 Å². The lowest BCUT2D eigenvalue weighted by molar-refractivity contribution is 0.0746. The predicted molar refractivity (Wildman–Crippen MR) is 126 cm³/mol. The van der Waals surface area contributed by atoms with Crippen molar-refractivity contribution in [3.05, 3.63) is 87.1 Å². The molecule has 3 rings (SSSR count). The van der Waals surface area contributed by atoms with Gasteiger partial charge in [0.25, 0.3) is 5.91 Å². The number of rotatable bonds is 8. The summed E-state index contributed by atoms with van der Waals surface area (Å²) >= 11 is 1.61. The van der Waals surface area contributed by atoms with Gasteiger partial charge in [0, 0.05) is 31.1 Å². The van der Waals surface area contributed by atoms with Crippen molar-refractivity contribution < 1.29 is 13.2 Å². The Hall–Kier alpha value is -2.48. The van der Waals surface area contributed by atoms with Crippen LogP contribution in [0.1, 0.15) is 31.9 Å². The van der Waals surface area contributed by atoms with E-state index in [1.165, 1.54) is 24.5 Å². The molecular formula is C24H28N2O3S2. The molecule has 0 radical (unpaired) electrons. The van der Waals surface area contributed by atoms with E-state index in [-0.39, 0.29) is 10.8 Å². The molecule has 164 valence electrons. The number of hydrogen-bond donors (Lipinski definition) is 0. The minimum absolute atomic E-state index is 0.164. The Kier molecular flexibility index (Phi) is 7.30. The zero-order valence-electron chi connectivity index (χ0n) is 18.3. The lowest BCUT2D eigenvalue weighted by Crippen LogP contribution is -2.33. The van der Waals surface area contributed by atoms with Gasteiger partial charge in [-0.2, -0.15) is 0 Å². The Labute approximate surface area is 189 Å². The van der Waals surface area contributed by atoms with Crippen molar-refractivity contribution in [2.75, 3.05) is 20.6 Å². The van der Waals surface area contributed by atoms with Gasteiger partial charge in [-0.1, -0.05) is 36.4 Å². The molecule has 7 heteroatoms. The highest BCUT2D eigenvalue weighted by Gasteiger charge is 2.25. The quantitative estimate of drug-likeness (QED) is 0.501. The molecule has 0 unspecified atom stereocenters. The van der Waals surface area contributed by atoms with Gasteiger partial charge in [-0.3, -0.25) is 4.79 Å². The monoisotopic (exact) mass is 456 g/mol. The molecule has 1 amide bonds. The molecule has 0 saturated carbocycles. The molecule has 0 fully saturated rings. The molecule has 0 spiro atoms. The highest BCUT2D eigenvalue weighted by Crippen LogP contribution is 2.25. The average Bonchev–Trinajstić information content (AvgIpc) is 3.26. The second kappa shape index (κ2) is 9.77. The smallest absolute Gasteiger partial charge is 0.254 e. The van der Waals surface area contributed by atoms with Gasteiger partial charge in [-0.05, 0) is 60.5 Å². The first-order valence-corrected chi connectivity index (χ1v) is 12.4. The molecule has 0 aliphatic carbocycles. The first kappa shape index (κ1) is 23.2. The van der Waals surface area contributed by atoms with E-state index in [2.05, 4.69) is 0 Å². The first-order chi connectivity index (χ1) is 14.7. The van der Waals surface area contributed by atoms with Crippen LogP contribution in [0.25, 0.3) is 0 Å². The molecule has 2 aromatic carbocycles. The van der Waals surface area contributed by atoms with E-state index in [1.54, 1.807) is 29.2 Å². The molecule has 0 aliphatic rings. The van der Waals surface area contributed by atoms with Gasteiger partial charge in [0.2, 0.25) is 10.0 Å². The van der Waals surface area contributed by atoms with Gasteiger partial charge in [0.05, 0.1) is 11.4 Å². The fourth-order valence-corrected chi connectivity index (χ4v) is 5.29. The van der Waals surface area contributed by atoms with Gasteiger partial charge >= 0.3 is 0 Å². The summed E-state index contributed by atoms with van der Waals surface area (Å²) in [7, 11) is -0.649. The number of aryl methyl sites for hydroxylation is 1. The van der Waals surface area contributed by atoms with Crippen molar-refractivity contribution >= 4 is 27.3 Å². The number of hydrogen-bond acceptors (Lipinski definition) is 4. The molecule has 5 nitrogen and oxygen atoms in total. The lowest BCUT2D eigenvalue weighted by Gasteiger charge is -2.24. The standard InChI is InChI=1S/C24H28N2O3S2/c1-18-15-21(16-23(19(18)2)31(28,29)25(3)4)24(27)26(17-22-11-8-14-30-22)13-12-20-9-6-5-7-10-20/h5-11,14-16H,12-13,17H2,1-4H3. The van der Waals surface area contributed by atoms with Crippen LogP contribution in [0.2, 0.25) is 0 Å². The summed E-state index contributed by atoms with van der Waals surface area (Å²) in [4.78, 5) is 16.6. The van der Waals surface area contributed by atoms with Gasteiger partial charge in [0.15, 0.2) is 0 Å². The number of carbonyl (C=O) groups excluding carboxylic acids is 1. The van der Waals surface area contributed by atoms with Crippen LogP contribution in [0.5, 0.6) is 0 Å². The van der Waals surface area contributed by atoms with Crippen molar-refractivity contribution in [1.29, 1.82) is 0 Å². The van der Waals surface area contributed by atoms with E-state index in [1.807, 2.05) is 54.8 Å². The molecule has 3 aromatic rings. The third-order valence-corrected chi connectivity index (χ3v) is 8.15. The molecule has 0 saturated heterocycles. The highest BCUT2D eigenvalue weighted by molar-refractivity contribution is 7.89. The lowest BCUT2D eigenvalue weighted by atomic mass is 10.0. The second-order valence-corrected chi connectivity index (χ2v) is 10.9. The minimum atomic E-state index is -3.65. The number of thiophene rings is 1. The van der Waals surface area contributed by atoms with E-state index in [9.17, 15) is 13.2 Å². The number of benzene rings is 2. The normalized spacial score (nSPS) is 11.6. The van der Waals surface area contributed by atoms with Crippen molar-refractivity contribution in [1.82, 2.24) is 9.21 Å². The average molecular weight is 457 g/mol. The fraction of sp³-hybridized carbons (Fsp3) is 0.292. The van der Waals surface area contributed by atoms with E-state index < -0.39 is 10.0 Å². The van der Waals surface area contributed by atoms with Crippen LogP contribution < -0.4 is 0 Å². The van der Waals surface area contributed by atoms with E-state index in [0.29, 0.717) is 24.2 Å². The van der Waals surface area contributed by atoms with Crippen molar-refractivity contribution in [3.8, 4) is 0 Å². The van der Waals surface area contributed by atoms with Crippen LogP contribution in [-0.2, 0) is 23.0 Å². The summed E-state index contributed by atoms with van der Waals surface area (Å²) in [5.74, 6) is -0.164. The number of amides is 1. The van der Waals surface area contributed by atoms with Crippen LogP contribution in [0.3, 0.4) is 0 Å². The number of carbonyl (C=O) groups is 1. The van der Waals surface area contributed by atoms with E-state index in [4.69, 9.17) is 0 Å². The second-order valence-electron chi connectivity index (χ2n) is 7.75. The van der Waals surface area contributed by atoms with E-state index in [0.717, 1.165) is 22.4 Å². The molecule has 0 N–H and O–H groups in total. The number of nitrogens with zero attached hydrogens (tertiary/aromatic N) is 2. The van der Waals surface area contributed by atoms with Crippen LogP contribution in [-0.4, -0.2) is 44.2 Å². The zero-order valence-corrected chi connectivity index (χ0v) is 20.0. The Morgan fingerprint density at radius 2 is 1.71 bits per heavy atom. The summed E-state index contributed by atoms with van der Waals surface area (Å²) in [6, 6.07) is 17.3. The largest absolute Gasteiger partial charge is 0.333 e. The molecule has 0 bridgehead atoms. The van der Waals surface area contributed by atoms with Gasteiger partial charge in [-0.15, -0.1) is 11.3 Å². The van der Waals surface area contributed by atoms with Crippen LogP contribution in [0.4, 0.5) is 0 Å². The third kappa shape index (κ3) is 5.42. The molecule has 1 aromatic heterocycles. The maximum Gasteiger partial charge on any atom is 0.254 e. The predicted octanol–water partition coefficient (Wildman–Crippen LogP) is 4.50. The van der Waals surface area contributed by atoms with Crippen LogP contribution in [0.15, 0.2) is 64.9 Å². The molecule has 0 aliphatic heterocycles. The SMILES string of the molecule is Cc1cc(C(=O)N(CCc2ccccc2)Cc2cccs2)cc(S(=O)(=O)N(C)C)c1C. The Balaban J connectivity index is 1.95. The Bertz CT molecular complexity index is 1140. The first-order valence-electron chi connectivity index (χ1n) is 10.1. The molecular weight excluding hydrogens is 428 g/mol. The van der Waals surface area contributed by atoms with Crippen molar-refractivity contribution in [2.24, 2.45) is 0 Å². The summed E-state index contributed by atoms with van der Waals surface area (Å²) in [6.45, 7) is 4.66. The molecule has 31 heavy (non-hydrogen) atoms. The molecule has 1 heterocycles. The molecule has 0 atom stereocenters. The minimum Gasteiger partial charge on any atom is -0.333 e. The van der Waals surface area contributed by atoms with Crippen molar-refractivity contribution in [2.45, 2.75) is 31.7 Å². The summed E-state index contributed by atoms with van der Waals surface area (Å²) in [6.07, 6.45) is 0.728. The van der Waals surface area contributed by atoms with Crippen LogP contribution >= 0.6 is 11.3 Å². The summed E-state index contributed by atoms with van der Waals surface area (Å²) < 4.78 is 26.8. The van der Waals surface area contributed by atoms with E-state index >= 15 is 0 Å². The topological polar surface area (TPSA) is 57.7 Å². The number of sulfonamides is 1. The Morgan fingerprint density at radius 3 is 2.32 bits per heavy atom. The maximum absolute atomic E-state index is 13.5. The maximum atomic E-state index is 13.5. The summed E-state index contributed by atoms with van der Waals surface area (Å²) in [5.41, 5.74) is 3.00. The van der Waals surface area contributed by atoms with Crippen molar-refractivity contribution in [3.63, 3.8) is 0 Å². The summed E-state index contributed by atoms with van der Waals surface area (Å²) in [5, 5.41) is 1.99. The Morgan fingerprint density at radius 1 is 1.00 bits per heavy atom. The van der Waals surface area contributed by atoms with Gasteiger partial charge in [-0.25, -0.2) is 12.7 Å². The van der Waals surface area contributed by atoms with Gasteiger partial charge in [0.1, 0.15) is 0 Å².